The Morgan fingerprint density at radius 1 is 1.20 bits per heavy atom. The zero-order chi connectivity index (χ0) is 18.4. The van der Waals surface area contributed by atoms with Gasteiger partial charge in [0.1, 0.15) is 0 Å². The lowest BCUT2D eigenvalue weighted by atomic mass is 9.69. The number of dihydropyridines is 1. The van der Waals surface area contributed by atoms with Crippen LogP contribution in [-0.2, 0) is 4.79 Å². The summed E-state index contributed by atoms with van der Waals surface area (Å²) in [5.41, 5.74) is 5.56. The normalized spacial score (nSPS) is 22.6. The molecule has 1 N–H and O–H groups in total. The first-order valence-electron chi connectivity index (χ1n) is 8.97. The molecule has 1 aromatic carbocycles. The minimum absolute atomic E-state index is 0.0423. The third-order valence-electron chi connectivity index (χ3n) is 5.30. The Morgan fingerprint density at radius 3 is 2.40 bits per heavy atom. The molecule has 1 unspecified atom stereocenters. The molecule has 1 atom stereocenters. The number of carbonyl (C=O) groups is 1. The summed E-state index contributed by atoms with van der Waals surface area (Å²) in [6.07, 6.45) is 1.37. The number of ketones is 1. The molecule has 0 radical (unpaired) electrons. The summed E-state index contributed by atoms with van der Waals surface area (Å²) in [6.45, 7) is 10.5. The highest BCUT2D eigenvalue weighted by Gasteiger charge is 2.40. The zero-order valence-corrected chi connectivity index (χ0v) is 15.7. The molecule has 3 nitrogen and oxygen atoms in total. The first kappa shape index (κ1) is 17.5. The van der Waals surface area contributed by atoms with Crippen molar-refractivity contribution in [3.8, 4) is 6.07 Å². The van der Waals surface area contributed by atoms with E-state index in [2.05, 4.69) is 63.3 Å². The Labute approximate surface area is 150 Å². The number of allylic oxidation sites excluding steroid dienone is 4. The zero-order valence-electron chi connectivity index (χ0n) is 15.7. The van der Waals surface area contributed by atoms with Crippen LogP contribution in [0.2, 0.25) is 0 Å². The molecule has 3 heteroatoms. The average Bonchev–Trinajstić information content (AvgIpc) is 2.52. The first-order chi connectivity index (χ1) is 11.7. The van der Waals surface area contributed by atoms with E-state index in [1.54, 1.807) is 0 Å². The molecule has 1 aliphatic carbocycles. The van der Waals surface area contributed by atoms with Gasteiger partial charge in [-0.15, -0.1) is 0 Å². The number of carbonyl (C=O) groups excluding carboxylic acids is 1. The van der Waals surface area contributed by atoms with Crippen LogP contribution < -0.4 is 5.32 Å². The van der Waals surface area contributed by atoms with Gasteiger partial charge in [-0.3, -0.25) is 4.79 Å². The SMILES string of the molecule is CC1=C(C#N)C(c2ccc(C(C)C)cc2)C2=C(CC(C)(C)CC2=O)N1. The first-order valence-corrected chi connectivity index (χ1v) is 8.97. The second kappa shape index (κ2) is 6.19. The number of nitrogens with one attached hydrogen (secondary N) is 1. The van der Waals surface area contributed by atoms with Crippen molar-refractivity contribution in [1.82, 2.24) is 5.32 Å². The summed E-state index contributed by atoms with van der Waals surface area (Å²) >= 11 is 0. The van der Waals surface area contributed by atoms with Crippen molar-refractivity contribution in [2.75, 3.05) is 0 Å². The van der Waals surface area contributed by atoms with Gasteiger partial charge in [0.2, 0.25) is 0 Å². The van der Waals surface area contributed by atoms with Crippen molar-refractivity contribution in [2.24, 2.45) is 5.41 Å². The summed E-state index contributed by atoms with van der Waals surface area (Å²) < 4.78 is 0. The van der Waals surface area contributed by atoms with Crippen LogP contribution in [0.3, 0.4) is 0 Å². The van der Waals surface area contributed by atoms with E-state index in [9.17, 15) is 10.1 Å². The van der Waals surface area contributed by atoms with E-state index in [1.807, 2.05) is 6.92 Å². The third-order valence-corrected chi connectivity index (χ3v) is 5.30. The van der Waals surface area contributed by atoms with Crippen molar-refractivity contribution in [3.05, 3.63) is 57.9 Å². The maximum atomic E-state index is 12.9. The van der Waals surface area contributed by atoms with Crippen LogP contribution in [0, 0.1) is 16.7 Å². The fourth-order valence-corrected chi connectivity index (χ4v) is 3.99. The van der Waals surface area contributed by atoms with Crippen LogP contribution in [0.4, 0.5) is 0 Å². The predicted molar refractivity (Wildman–Crippen MR) is 99.8 cm³/mol. The summed E-state index contributed by atoms with van der Waals surface area (Å²) in [7, 11) is 0. The fraction of sp³-hybridized carbons (Fsp3) is 0.455. The van der Waals surface area contributed by atoms with Crippen LogP contribution in [0.5, 0.6) is 0 Å². The lowest BCUT2D eigenvalue weighted by molar-refractivity contribution is -0.118. The number of Topliss-reactive ketones (excluding diaryl/α,β-unsaturated/α-hetero) is 1. The minimum atomic E-state index is -0.244. The molecular weight excluding hydrogens is 308 g/mol. The Bertz CT molecular complexity index is 817. The Balaban J connectivity index is 2.12. The van der Waals surface area contributed by atoms with E-state index in [0.29, 0.717) is 17.9 Å². The lowest BCUT2D eigenvalue weighted by Crippen LogP contribution is -2.36. The Kier molecular flexibility index (Phi) is 4.33. The van der Waals surface area contributed by atoms with E-state index in [0.717, 1.165) is 29.0 Å². The number of benzene rings is 1. The highest BCUT2D eigenvalue weighted by molar-refractivity contribution is 6.00. The van der Waals surface area contributed by atoms with E-state index in [4.69, 9.17) is 0 Å². The molecule has 0 spiro atoms. The summed E-state index contributed by atoms with van der Waals surface area (Å²) in [4.78, 5) is 12.9. The lowest BCUT2D eigenvalue weighted by Gasteiger charge is -2.38. The smallest absolute Gasteiger partial charge is 0.162 e. The molecule has 25 heavy (non-hydrogen) atoms. The van der Waals surface area contributed by atoms with Crippen LogP contribution in [0.1, 0.15) is 70.4 Å². The molecule has 3 rings (SSSR count). The standard InChI is InChI=1S/C22H26N2O/c1-13(2)15-6-8-16(9-7-15)20-17(12-23)14(3)24-18-10-22(4,5)11-19(25)21(18)20/h6-9,13,20,24H,10-11H2,1-5H3. The molecule has 0 saturated heterocycles. The van der Waals surface area contributed by atoms with Gasteiger partial charge >= 0.3 is 0 Å². The van der Waals surface area contributed by atoms with Gasteiger partial charge in [0.05, 0.1) is 17.6 Å². The van der Waals surface area contributed by atoms with E-state index >= 15 is 0 Å². The van der Waals surface area contributed by atoms with Crippen LogP contribution in [0.25, 0.3) is 0 Å². The second-order valence-corrected chi connectivity index (χ2v) is 8.36. The molecule has 1 aromatic rings. The maximum absolute atomic E-state index is 12.9. The van der Waals surface area contributed by atoms with Crippen molar-refractivity contribution >= 4 is 5.78 Å². The van der Waals surface area contributed by atoms with Gasteiger partial charge in [-0.25, -0.2) is 0 Å². The molecule has 1 heterocycles. The average molecular weight is 334 g/mol. The highest BCUT2D eigenvalue weighted by Crippen LogP contribution is 2.46. The Hall–Kier alpha value is -2.34. The van der Waals surface area contributed by atoms with Gasteiger partial charge in [0.15, 0.2) is 5.78 Å². The number of rotatable bonds is 2. The quantitative estimate of drug-likeness (QED) is 0.833. The molecular formula is C22H26N2O. The summed E-state index contributed by atoms with van der Waals surface area (Å²) in [5, 5.41) is 13.1. The van der Waals surface area contributed by atoms with Crippen LogP contribution >= 0.6 is 0 Å². The second-order valence-electron chi connectivity index (χ2n) is 8.36. The topological polar surface area (TPSA) is 52.9 Å². The molecule has 0 fully saturated rings. The van der Waals surface area contributed by atoms with Crippen molar-refractivity contribution in [3.63, 3.8) is 0 Å². The Morgan fingerprint density at radius 2 is 1.84 bits per heavy atom. The van der Waals surface area contributed by atoms with Gasteiger partial charge in [-0.05, 0) is 35.8 Å². The largest absolute Gasteiger partial charge is 0.361 e. The third kappa shape index (κ3) is 3.14. The van der Waals surface area contributed by atoms with E-state index < -0.39 is 0 Å². The van der Waals surface area contributed by atoms with Crippen molar-refractivity contribution in [1.29, 1.82) is 5.26 Å². The van der Waals surface area contributed by atoms with E-state index in [1.165, 1.54) is 5.56 Å². The monoisotopic (exact) mass is 334 g/mol. The van der Waals surface area contributed by atoms with Gasteiger partial charge in [-0.2, -0.15) is 5.26 Å². The molecule has 0 saturated carbocycles. The predicted octanol–water partition coefficient (Wildman–Crippen LogP) is 4.94. The van der Waals surface area contributed by atoms with Gasteiger partial charge in [0.25, 0.3) is 0 Å². The highest BCUT2D eigenvalue weighted by atomic mass is 16.1. The summed E-state index contributed by atoms with van der Waals surface area (Å²) in [6, 6.07) is 10.7. The van der Waals surface area contributed by atoms with Gasteiger partial charge < -0.3 is 5.32 Å². The van der Waals surface area contributed by atoms with Gasteiger partial charge in [-0.1, -0.05) is 52.0 Å². The molecule has 2 aliphatic rings. The molecule has 0 aromatic heterocycles. The van der Waals surface area contributed by atoms with Gasteiger partial charge in [0, 0.05) is 23.4 Å². The number of hydrogen-bond acceptors (Lipinski definition) is 3. The number of hydrogen-bond donors (Lipinski definition) is 1. The fourth-order valence-electron chi connectivity index (χ4n) is 3.99. The van der Waals surface area contributed by atoms with Crippen LogP contribution in [-0.4, -0.2) is 5.78 Å². The molecule has 130 valence electrons. The number of nitrogens with zero attached hydrogens (tertiary/aromatic N) is 1. The summed E-state index contributed by atoms with van der Waals surface area (Å²) in [5.74, 6) is 0.379. The van der Waals surface area contributed by atoms with E-state index in [-0.39, 0.29) is 17.1 Å². The van der Waals surface area contributed by atoms with Crippen molar-refractivity contribution in [2.45, 2.75) is 59.3 Å². The molecule has 1 aliphatic heterocycles. The maximum Gasteiger partial charge on any atom is 0.162 e. The minimum Gasteiger partial charge on any atom is -0.361 e. The van der Waals surface area contributed by atoms with Crippen LogP contribution in [0.15, 0.2) is 46.8 Å². The number of nitriles is 1. The van der Waals surface area contributed by atoms with Crippen molar-refractivity contribution < 1.29 is 4.79 Å². The molecule has 0 bridgehead atoms. The molecule has 0 amide bonds.